The van der Waals surface area contributed by atoms with Gasteiger partial charge in [0.2, 0.25) is 0 Å². The Kier molecular flexibility index (Phi) is 5.95. The van der Waals surface area contributed by atoms with Crippen LogP contribution < -0.4 is 10.5 Å². The monoisotopic (exact) mass is 464 g/mol. The highest BCUT2D eigenvalue weighted by Crippen LogP contribution is 2.43. The number of aromatic nitrogens is 4. The second kappa shape index (κ2) is 8.71. The van der Waals surface area contributed by atoms with E-state index in [1.165, 1.54) is 4.90 Å². The number of carbonyl (C=O) groups is 1. The van der Waals surface area contributed by atoms with E-state index >= 15 is 0 Å². The summed E-state index contributed by atoms with van der Waals surface area (Å²) >= 11 is 6.69. The van der Waals surface area contributed by atoms with Gasteiger partial charge in [-0.15, -0.1) is 0 Å². The zero-order chi connectivity index (χ0) is 23.9. The number of amides is 1. The van der Waals surface area contributed by atoms with Gasteiger partial charge in [0.15, 0.2) is 0 Å². The van der Waals surface area contributed by atoms with Crippen molar-refractivity contribution in [3.63, 3.8) is 0 Å². The number of carbonyl (C=O) groups excluding carboxylic acids is 1. The van der Waals surface area contributed by atoms with Crippen molar-refractivity contribution in [1.82, 2.24) is 24.6 Å². The van der Waals surface area contributed by atoms with Gasteiger partial charge in [0.25, 0.3) is 5.91 Å². The number of anilines is 1. The van der Waals surface area contributed by atoms with Crippen LogP contribution in [0.1, 0.15) is 34.6 Å². The zero-order valence-electron chi connectivity index (χ0n) is 19.1. The minimum absolute atomic E-state index is 0.183. The largest absolute Gasteiger partial charge is 0.496 e. The Hall–Kier alpha value is -3.65. The number of nitrogen functional groups attached to an aromatic ring is 1. The number of pyridine rings is 2. The van der Waals surface area contributed by atoms with Gasteiger partial charge in [-0.3, -0.25) is 19.4 Å². The number of hydrogen-bond donors (Lipinski definition) is 1. The van der Waals surface area contributed by atoms with Gasteiger partial charge in [-0.2, -0.15) is 5.10 Å². The molecule has 0 aliphatic heterocycles. The van der Waals surface area contributed by atoms with Crippen molar-refractivity contribution in [3.05, 3.63) is 64.8 Å². The highest BCUT2D eigenvalue weighted by molar-refractivity contribution is 6.32. The molecule has 0 bridgehead atoms. The van der Waals surface area contributed by atoms with Crippen LogP contribution in [-0.4, -0.2) is 51.8 Å². The first-order valence-electron chi connectivity index (χ1n) is 10.4. The van der Waals surface area contributed by atoms with Crippen LogP contribution in [0, 0.1) is 6.92 Å². The average Bonchev–Trinajstić information content (AvgIpc) is 3.25. The maximum Gasteiger partial charge on any atom is 0.271 e. The predicted octanol–water partition coefficient (Wildman–Crippen LogP) is 4.36. The summed E-state index contributed by atoms with van der Waals surface area (Å²) in [6.07, 6.45) is 6.69. The standard InChI is InChI=1S/C24H25ClN6O2/c1-13-18(25)9-16(14(2)31-21-12-27-11-19(26)17(21)10-29-31)23(33-5)22(13)15-6-7-28-20(8-15)24(32)30(3)4/h6-12,14H,26H2,1-5H3. The molecule has 9 heteroatoms. The van der Waals surface area contributed by atoms with Crippen molar-refractivity contribution in [3.8, 4) is 16.9 Å². The molecule has 2 N–H and O–H groups in total. The lowest BCUT2D eigenvalue weighted by Gasteiger charge is -2.22. The molecular formula is C24H25ClN6O2. The molecule has 170 valence electrons. The number of nitrogens with two attached hydrogens (primary N) is 1. The summed E-state index contributed by atoms with van der Waals surface area (Å²) in [4.78, 5) is 22.4. The first kappa shape index (κ1) is 22.5. The third-order valence-electron chi connectivity index (χ3n) is 5.76. The molecule has 0 aliphatic rings. The van der Waals surface area contributed by atoms with Crippen molar-refractivity contribution < 1.29 is 9.53 Å². The molecule has 3 aromatic heterocycles. The van der Waals surface area contributed by atoms with E-state index in [2.05, 4.69) is 15.1 Å². The third kappa shape index (κ3) is 3.87. The van der Waals surface area contributed by atoms with Crippen molar-refractivity contribution in [2.45, 2.75) is 19.9 Å². The van der Waals surface area contributed by atoms with Gasteiger partial charge in [0, 0.05) is 41.8 Å². The van der Waals surface area contributed by atoms with Crippen LogP contribution >= 0.6 is 11.6 Å². The molecule has 0 saturated heterocycles. The molecule has 0 fully saturated rings. The van der Waals surface area contributed by atoms with Crippen molar-refractivity contribution in [2.75, 3.05) is 26.9 Å². The second-order valence-electron chi connectivity index (χ2n) is 8.04. The van der Waals surface area contributed by atoms with Crippen LogP contribution in [0.5, 0.6) is 5.75 Å². The molecule has 3 heterocycles. The average molecular weight is 465 g/mol. The Labute approximate surface area is 197 Å². The fourth-order valence-corrected chi connectivity index (χ4v) is 4.19. The third-order valence-corrected chi connectivity index (χ3v) is 6.15. The number of methoxy groups -OCH3 is 1. The van der Waals surface area contributed by atoms with E-state index in [0.717, 1.165) is 33.2 Å². The van der Waals surface area contributed by atoms with Crippen molar-refractivity contribution >= 4 is 34.1 Å². The highest BCUT2D eigenvalue weighted by Gasteiger charge is 2.24. The topological polar surface area (TPSA) is 99.2 Å². The molecule has 4 rings (SSSR count). The van der Waals surface area contributed by atoms with E-state index < -0.39 is 0 Å². The van der Waals surface area contributed by atoms with E-state index in [1.54, 1.807) is 52.1 Å². The maximum absolute atomic E-state index is 12.5. The van der Waals surface area contributed by atoms with Crippen LogP contribution in [0.2, 0.25) is 5.02 Å². The zero-order valence-corrected chi connectivity index (χ0v) is 19.9. The van der Waals surface area contributed by atoms with Gasteiger partial charge < -0.3 is 15.4 Å². The van der Waals surface area contributed by atoms with E-state index in [4.69, 9.17) is 22.1 Å². The van der Waals surface area contributed by atoms with E-state index in [1.807, 2.05) is 30.7 Å². The van der Waals surface area contributed by atoms with Gasteiger partial charge >= 0.3 is 0 Å². The molecule has 1 amide bonds. The lowest BCUT2D eigenvalue weighted by atomic mass is 9.93. The molecule has 1 unspecified atom stereocenters. The summed E-state index contributed by atoms with van der Waals surface area (Å²) in [5.41, 5.74) is 11.1. The summed E-state index contributed by atoms with van der Waals surface area (Å²) in [5.74, 6) is 0.469. The van der Waals surface area contributed by atoms with Crippen molar-refractivity contribution in [1.29, 1.82) is 0 Å². The van der Waals surface area contributed by atoms with Crippen LogP contribution in [0.15, 0.2) is 43.0 Å². The Morgan fingerprint density at radius 1 is 1.24 bits per heavy atom. The Bertz CT molecular complexity index is 1360. The van der Waals surface area contributed by atoms with Gasteiger partial charge in [-0.25, -0.2) is 0 Å². The number of hydrogen-bond acceptors (Lipinski definition) is 6. The highest BCUT2D eigenvalue weighted by atomic mass is 35.5. The molecule has 8 nitrogen and oxygen atoms in total. The molecule has 0 aliphatic carbocycles. The summed E-state index contributed by atoms with van der Waals surface area (Å²) in [5, 5.41) is 5.97. The normalized spacial score (nSPS) is 12.1. The van der Waals surface area contributed by atoms with Gasteiger partial charge in [0.1, 0.15) is 11.4 Å². The number of ether oxygens (including phenoxy) is 1. The number of halogens is 1. The minimum Gasteiger partial charge on any atom is -0.496 e. The van der Waals surface area contributed by atoms with Crippen LogP contribution in [0.4, 0.5) is 5.69 Å². The first-order chi connectivity index (χ1) is 15.7. The smallest absolute Gasteiger partial charge is 0.271 e. The van der Waals surface area contributed by atoms with E-state index in [-0.39, 0.29) is 11.9 Å². The number of nitrogens with zero attached hydrogens (tertiary/aromatic N) is 5. The second-order valence-corrected chi connectivity index (χ2v) is 8.44. The fourth-order valence-electron chi connectivity index (χ4n) is 3.98. The van der Waals surface area contributed by atoms with Gasteiger partial charge in [-0.1, -0.05) is 11.6 Å². The van der Waals surface area contributed by atoms with Crippen LogP contribution in [0.25, 0.3) is 22.0 Å². The van der Waals surface area contributed by atoms with E-state index in [0.29, 0.717) is 22.2 Å². The summed E-state index contributed by atoms with van der Waals surface area (Å²) < 4.78 is 7.76. The predicted molar refractivity (Wildman–Crippen MR) is 130 cm³/mol. The molecule has 0 saturated carbocycles. The van der Waals surface area contributed by atoms with E-state index in [9.17, 15) is 4.79 Å². The van der Waals surface area contributed by atoms with Crippen LogP contribution in [0.3, 0.4) is 0 Å². The lowest BCUT2D eigenvalue weighted by Crippen LogP contribution is -2.22. The molecule has 0 radical (unpaired) electrons. The number of rotatable bonds is 5. The Morgan fingerprint density at radius 3 is 2.70 bits per heavy atom. The van der Waals surface area contributed by atoms with Gasteiger partial charge in [0.05, 0.1) is 42.9 Å². The molecular weight excluding hydrogens is 440 g/mol. The Morgan fingerprint density at radius 2 is 2.00 bits per heavy atom. The maximum atomic E-state index is 12.5. The summed E-state index contributed by atoms with van der Waals surface area (Å²) in [6, 6.07) is 5.26. The SMILES string of the molecule is COc1c(C(C)n2ncc3c(N)cncc32)cc(Cl)c(C)c1-c1ccnc(C(=O)N(C)C)c1. The lowest BCUT2D eigenvalue weighted by molar-refractivity contribution is 0.0822. The Balaban J connectivity index is 1.91. The molecule has 1 atom stereocenters. The first-order valence-corrected chi connectivity index (χ1v) is 10.7. The molecule has 1 aromatic carbocycles. The quantitative estimate of drug-likeness (QED) is 0.471. The number of benzene rings is 1. The molecule has 33 heavy (non-hydrogen) atoms. The summed E-state index contributed by atoms with van der Waals surface area (Å²) in [7, 11) is 5.01. The summed E-state index contributed by atoms with van der Waals surface area (Å²) in [6.45, 7) is 3.94. The molecule has 4 aromatic rings. The van der Waals surface area contributed by atoms with Crippen molar-refractivity contribution in [2.24, 2.45) is 0 Å². The fraction of sp³-hybridized carbons (Fsp3) is 0.250. The van der Waals surface area contributed by atoms with Crippen LogP contribution in [-0.2, 0) is 0 Å². The number of fused-ring (bicyclic) bond motifs is 1. The minimum atomic E-state index is -0.234. The van der Waals surface area contributed by atoms with Gasteiger partial charge in [-0.05, 0) is 43.2 Å². The molecule has 0 spiro atoms.